The zero-order valence-corrected chi connectivity index (χ0v) is 11.4. The number of hydrogen-bond acceptors (Lipinski definition) is 5. The number of carbonyl (C=O) groups excluding carboxylic acids is 2. The maximum atomic E-state index is 11.9. The van der Waals surface area contributed by atoms with Crippen molar-refractivity contribution in [1.29, 1.82) is 0 Å². The second-order valence-electron chi connectivity index (χ2n) is 3.97. The molecule has 0 amide bonds. The molecule has 0 unspecified atom stereocenters. The Morgan fingerprint density at radius 3 is 2.68 bits per heavy atom. The summed E-state index contributed by atoms with van der Waals surface area (Å²) in [7, 11) is 0. The molecule has 0 radical (unpaired) electrons. The zero-order chi connectivity index (χ0) is 14.4. The van der Waals surface area contributed by atoms with Crippen molar-refractivity contribution in [3.05, 3.63) is 22.7 Å². The van der Waals surface area contributed by atoms with Crippen LogP contribution in [-0.2, 0) is 9.53 Å². The zero-order valence-electron chi connectivity index (χ0n) is 10.6. The molecule has 5 nitrogen and oxygen atoms in total. The molecule has 0 heterocycles. The molecule has 0 fully saturated rings. The number of phenols is 1. The molecule has 0 aromatic heterocycles. The smallest absolute Gasteiger partial charge is 0.305 e. The SMILES string of the molecule is CCOC(=O)CCCC(=O)c1cc(Cl)cc(N)c1O. The molecular formula is C13H16ClNO4. The fourth-order valence-corrected chi connectivity index (χ4v) is 1.82. The fraction of sp³-hybridized carbons (Fsp3) is 0.385. The van der Waals surface area contributed by atoms with Gasteiger partial charge in [-0.25, -0.2) is 0 Å². The highest BCUT2D eigenvalue weighted by Crippen LogP contribution is 2.30. The second kappa shape index (κ2) is 6.99. The first kappa shape index (κ1) is 15.3. The van der Waals surface area contributed by atoms with Gasteiger partial charge in [-0.1, -0.05) is 11.6 Å². The average Bonchev–Trinajstić information content (AvgIpc) is 2.33. The van der Waals surface area contributed by atoms with Gasteiger partial charge in [0, 0.05) is 17.9 Å². The van der Waals surface area contributed by atoms with Crippen LogP contribution in [0.15, 0.2) is 12.1 Å². The van der Waals surface area contributed by atoms with Gasteiger partial charge in [0.2, 0.25) is 0 Å². The van der Waals surface area contributed by atoms with E-state index < -0.39 is 0 Å². The van der Waals surface area contributed by atoms with Gasteiger partial charge in [0.05, 0.1) is 17.9 Å². The summed E-state index contributed by atoms with van der Waals surface area (Å²) in [6.45, 7) is 2.04. The number of nitrogens with two attached hydrogens (primary N) is 1. The molecular weight excluding hydrogens is 270 g/mol. The van der Waals surface area contributed by atoms with E-state index in [1.807, 2.05) is 0 Å². The van der Waals surface area contributed by atoms with E-state index in [4.69, 9.17) is 22.1 Å². The van der Waals surface area contributed by atoms with Crippen molar-refractivity contribution in [2.24, 2.45) is 0 Å². The van der Waals surface area contributed by atoms with Crippen LogP contribution in [0.4, 0.5) is 5.69 Å². The van der Waals surface area contributed by atoms with E-state index in [0.717, 1.165) is 0 Å². The number of benzene rings is 1. The van der Waals surface area contributed by atoms with Gasteiger partial charge in [0.15, 0.2) is 5.78 Å². The molecule has 6 heteroatoms. The lowest BCUT2D eigenvalue weighted by molar-refractivity contribution is -0.143. The number of ether oxygens (including phenoxy) is 1. The first-order valence-electron chi connectivity index (χ1n) is 5.92. The molecule has 1 rings (SSSR count). The Bertz CT molecular complexity index is 488. The van der Waals surface area contributed by atoms with Crippen molar-refractivity contribution in [3.8, 4) is 5.75 Å². The first-order valence-corrected chi connectivity index (χ1v) is 6.30. The molecule has 3 N–H and O–H groups in total. The summed E-state index contributed by atoms with van der Waals surface area (Å²) < 4.78 is 4.75. The van der Waals surface area contributed by atoms with Crippen LogP contribution in [-0.4, -0.2) is 23.5 Å². The van der Waals surface area contributed by atoms with E-state index in [1.165, 1.54) is 12.1 Å². The standard InChI is InChI=1S/C13H16ClNO4/c1-2-19-12(17)5-3-4-11(16)9-6-8(14)7-10(15)13(9)18/h6-7,18H,2-5,15H2,1H3. The minimum absolute atomic E-state index is 0.0567. The first-order chi connectivity index (χ1) is 8.95. The Kier molecular flexibility index (Phi) is 5.63. The highest BCUT2D eigenvalue weighted by atomic mass is 35.5. The van der Waals surface area contributed by atoms with Crippen molar-refractivity contribution in [1.82, 2.24) is 0 Å². The van der Waals surface area contributed by atoms with Crippen molar-refractivity contribution >= 4 is 29.0 Å². The van der Waals surface area contributed by atoms with Crippen molar-refractivity contribution in [3.63, 3.8) is 0 Å². The number of carbonyl (C=O) groups is 2. The monoisotopic (exact) mass is 285 g/mol. The number of aromatic hydroxyl groups is 1. The minimum Gasteiger partial charge on any atom is -0.505 e. The molecule has 0 saturated carbocycles. The van der Waals surface area contributed by atoms with E-state index in [1.54, 1.807) is 6.92 Å². The number of anilines is 1. The Morgan fingerprint density at radius 2 is 2.05 bits per heavy atom. The average molecular weight is 286 g/mol. The lowest BCUT2D eigenvalue weighted by Gasteiger charge is -2.07. The third-order valence-corrected chi connectivity index (χ3v) is 2.71. The summed E-state index contributed by atoms with van der Waals surface area (Å²) in [6.07, 6.45) is 0.631. The Labute approximate surface area is 116 Å². The van der Waals surface area contributed by atoms with Crippen LogP contribution < -0.4 is 5.73 Å². The highest BCUT2D eigenvalue weighted by molar-refractivity contribution is 6.31. The Balaban J connectivity index is 2.62. The highest BCUT2D eigenvalue weighted by Gasteiger charge is 2.15. The Morgan fingerprint density at radius 1 is 1.37 bits per heavy atom. The van der Waals surface area contributed by atoms with E-state index in [2.05, 4.69) is 0 Å². The summed E-state index contributed by atoms with van der Waals surface area (Å²) in [5.41, 5.74) is 5.65. The van der Waals surface area contributed by atoms with Crippen LogP contribution in [0, 0.1) is 0 Å². The van der Waals surface area contributed by atoms with Crippen molar-refractivity contribution in [2.75, 3.05) is 12.3 Å². The lowest BCUT2D eigenvalue weighted by atomic mass is 10.0. The van der Waals surface area contributed by atoms with E-state index in [-0.39, 0.29) is 46.6 Å². The molecule has 0 aliphatic heterocycles. The number of halogens is 1. The van der Waals surface area contributed by atoms with Gasteiger partial charge in [0.25, 0.3) is 0 Å². The van der Waals surface area contributed by atoms with Crippen LogP contribution in [0.3, 0.4) is 0 Å². The number of rotatable bonds is 6. The number of hydrogen-bond donors (Lipinski definition) is 2. The topological polar surface area (TPSA) is 89.6 Å². The summed E-state index contributed by atoms with van der Waals surface area (Å²) in [6, 6.07) is 2.73. The van der Waals surface area contributed by atoms with Gasteiger partial charge in [-0.3, -0.25) is 9.59 Å². The van der Waals surface area contributed by atoms with Crippen molar-refractivity contribution < 1.29 is 19.4 Å². The molecule has 0 atom stereocenters. The van der Waals surface area contributed by atoms with Gasteiger partial charge < -0.3 is 15.6 Å². The molecule has 1 aromatic carbocycles. The summed E-state index contributed by atoms with van der Waals surface area (Å²) >= 11 is 5.77. The second-order valence-corrected chi connectivity index (χ2v) is 4.41. The van der Waals surface area contributed by atoms with E-state index in [0.29, 0.717) is 13.0 Å². The molecule has 0 saturated heterocycles. The third kappa shape index (κ3) is 4.44. The molecule has 0 aliphatic rings. The minimum atomic E-state index is -0.342. The molecule has 0 bridgehead atoms. The van der Waals surface area contributed by atoms with Crippen LogP contribution >= 0.6 is 11.6 Å². The van der Waals surface area contributed by atoms with Gasteiger partial charge in [-0.15, -0.1) is 0 Å². The quantitative estimate of drug-likeness (QED) is 0.363. The van der Waals surface area contributed by atoms with Gasteiger partial charge in [-0.05, 0) is 25.5 Å². The molecule has 104 valence electrons. The normalized spacial score (nSPS) is 10.2. The third-order valence-electron chi connectivity index (χ3n) is 2.49. The number of esters is 1. The van der Waals surface area contributed by atoms with Gasteiger partial charge in [-0.2, -0.15) is 0 Å². The number of ketones is 1. The van der Waals surface area contributed by atoms with Crippen LogP contribution in [0.25, 0.3) is 0 Å². The van der Waals surface area contributed by atoms with Crippen LogP contribution in [0.2, 0.25) is 5.02 Å². The lowest BCUT2D eigenvalue weighted by Crippen LogP contribution is -2.06. The molecule has 0 spiro atoms. The Hall–Kier alpha value is -1.75. The van der Waals surface area contributed by atoms with Crippen LogP contribution in [0.5, 0.6) is 5.75 Å². The van der Waals surface area contributed by atoms with Crippen molar-refractivity contribution in [2.45, 2.75) is 26.2 Å². The fourth-order valence-electron chi connectivity index (χ4n) is 1.59. The summed E-state index contributed by atoms with van der Waals surface area (Å²) in [4.78, 5) is 23.0. The predicted octanol–water partition coefficient (Wildman–Crippen LogP) is 2.54. The number of nitrogen functional groups attached to an aromatic ring is 1. The number of phenolic OH excluding ortho intramolecular Hbond substituents is 1. The largest absolute Gasteiger partial charge is 0.505 e. The number of Topliss-reactive ketones (excluding diaryl/α,β-unsaturated/α-hetero) is 1. The maximum Gasteiger partial charge on any atom is 0.305 e. The van der Waals surface area contributed by atoms with Gasteiger partial charge >= 0.3 is 5.97 Å². The van der Waals surface area contributed by atoms with E-state index >= 15 is 0 Å². The molecule has 0 aliphatic carbocycles. The summed E-state index contributed by atoms with van der Waals surface area (Å²) in [5.74, 6) is -0.924. The molecule has 19 heavy (non-hydrogen) atoms. The maximum absolute atomic E-state index is 11.9. The van der Waals surface area contributed by atoms with E-state index in [9.17, 15) is 14.7 Å². The van der Waals surface area contributed by atoms with Crippen LogP contribution in [0.1, 0.15) is 36.5 Å². The molecule has 1 aromatic rings. The predicted molar refractivity (Wildman–Crippen MR) is 72.3 cm³/mol. The van der Waals surface area contributed by atoms with Gasteiger partial charge in [0.1, 0.15) is 5.75 Å². The summed E-state index contributed by atoms with van der Waals surface area (Å²) in [5, 5.41) is 9.97.